The molecule has 2 unspecified atom stereocenters. The molecule has 0 bridgehead atoms. The Morgan fingerprint density at radius 2 is 1.95 bits per heavy atom. The number of benzene rings is 1. The molecule has 1 aromatic carbocycles. The van der Waals surface area contributed by atoms with E-state index in [1.165, 1.54) is 61.8 Å². The van der Waals surface area contributed by atoms with Crippen LogP contribution in [-0.2, 0) is 0 Å². The Morgan fingerprint density at radius 1 is 1.11 bits per heavy atom. The fraction of sp³-hybridized carbons (Fsp3) is 0.667. The number of nitrogens with one attached hydrogen (secondary N) is 1. The van der Waals surface area contributed by atoms with Crippen LogP contribution in [0, 0.1) is 19.8 Å². The molecule has 0 saturated heterocycles. The first-order valence-electron chi connectivity index (χ1n) is 8.03. The minimum atomic E-state index is 0.683. The summed E-state index contributed by atoms with van der Waals surface area (Å²) in [4.78, 5) is 0. The molecule has 0 aromatic heterocycles. The monoisotopic (exact) mass is 259 g/mol. The molecule has 0 aliphatic heterocycles. The molecule has 2 atom stereocenters. The molecule has 0 radical (unpaired) electrons. The smallest absolute Gasteiger partial charge is 0.0374 e. The zero-order valence-electron chi connectivity index (χ0n) is 12.8. The van der Waals surface area contributed by atoms with Crippen LogP contribution in [0.3, 0.4) is 0 Å². The lowest BCUT2D eigenvalue weighted by atomic mass is 9.95. The highest BCUT2D eigenvalue weighted by atomic mass is 14.9. The molecule has 0 amide bonds. The molecule has 1 nitrogen and oxygen atoms in total. The highest BCUT2D eigenvalue weighted by Gasteiger charge is 2.18. The average Bonchev–Trinajstić information content (AvgIpc) is 2.61. The van der Waals surface area contributed by atoms with Gasteiger partial charge < -0.3 is 5.32 Å². The van der Waals surface area contributed by atoms with Gasteiger partial charge in [-0.05, 0) is 56.2 Å². The summed E-state index contributed by atoms with van der Waals surface area (Å²) in [5, 5.41) is 3.79. The van der Waals surface area contributed by atoms with E-state index in [0.717, 1.165) is 5.92 Å². The molecule has 1 aliphatic carbocycles. The molecular formula is C18H29N. The Kier molecular flexibility index (Phi) is 5.30. The van der Waals surface area contributed by atoms with Crippen molar-refractivity contribution in [3.05, 3.63) is 29.3 Å². The largest absolute Gasteiger partial charge is 0.382 e. The number of hydrogen-bond acceptors (Lipinski definition) is 1. The topological polar surface area (TPSA) is 12.0 Å². The van der Waals surface area contributed by atoms with Crippen molar-refractivity contribution in [2.24, 2.45) is 5.92 Å². The van der Waals surface area contributed by atoms with E-state index in [9.17, 15) is 0 Å². The summed E-state index contributed by atoms with van der Waals surface area (Å²) >= 11 is 0. The van der Waals surface area contributed by atoms with E-state index in [-0.39, 0.29) is 0 Å². The summed E-state index contributed by atoms with van der Waals surface area (Å²) in [5.41, 5.74) is 4.15. The first-order valence-corrected chi connectivity index (χ1v) is 8.03. The second-order valence-electron chi connectivity index (χ2n) is 6.25. The molecule has 1 N–H and O–H groups in total. The first kappa shape index (κ1) is 14.4. The highest BCUT2D eigenvalue weighted by Crippen LogP contribution is 2.29. The van der Waals surface area contributed by atoms with Gasteiger partial charge in [0.2, 0.25) is 0 Å². The van der Waals surface area contributed by atoms with Crippen molar-refractivity contribution in [2.75, 3.05) is 5.32 Å². The van der Waals surface area contributed by atoms with Crippen molar-refractivity contribution in [3.63, 3.8) is 0 Å². The van der Waals surface area contributed by atoms with E-state index < -0.39 is 0 Å². The van der Waals surface area contributed by atoms with E-state index in [1.807, 2.05) is 0 Å². The fourth-order valence-corrected chi connectivity index (χ4v) is 3.35. The molecule has 19 heavy (non-hydrogen) atoms. The predicted octanol–water partition coefficient (Wildman–Crippen LogP) is 5.46. The molecule has 1 heteroatoms. The third-order valence-corrected chi connectivity index (χ3v) is 4.75. The molecule has 0 spiro atoms. The standard InChI is InChI=1S/C18H29N/c1-4-7-16-9-6-10-17(13-12-16)19-18-11-5-8-14(2)15(18)3/h5,8,11,16-17,19H,4,6-7,9-10,12-13H2,1-3H3. The van der Waals surface area contributed by atoms with Gasteiger partial charge >= 0.3 is 0 Å². The summed E-state index contributed by atoms with van der Waals surface area (Å²) in [6.45, 7) is 6.75. The quantitative estimate of drug-likeness (QED) is 0.707. The number of aryl methyl sites for hydroxylation is 1. The van der Waals surface area contributed by atoms with E-state index >= 15 is 0 Å². The molecule has 1 aliphatic rings. The molecular weight excluding hydrogens is 230 g/mol. The van der Waals surface area contributed by atoms with Gasteiger partial charge in [-0.25, -0.2) is 0 Å². The summed E-state index contributed by atoms with van der Waals surface area (Å²) < 4.78 is 0. The van der Waals surface area contributed by atoms with Gasteiger partial charge in [0.25, 0.3) is 0 Å². The van der Waals surface area contributed by atoms with E-state index in [4.69, 9.17) is 0 Å². The Balaban J connectivity index is 1.94. The highest BCUT2D eigenvalue weighted by molar-refractivity contribution is 5.54. The number of hydrogen-bond donors (Lipinski definition) is 1. The third-order valence-electron chi connectivity index (χ3n) is 4.75. The van der Waals surface area contributed by atoms with Gasteiger partial charge in [-0.3, -0.25) is 0 Å². The van der Waals surface area contributed by atoms with Crippen molar-refractivity contribution in [3.8, 4) is 0 Å². The van der Waals surface area contributed by atoms with Crippen LogP contribution in [0.1, 0.15) is 63.0 Å². The summed E-state index contributed by atoms with van der Waals surface area (Å²) in [7, 11) is 0. The Labute approximate surface area is 118 Å². The van der Waals surface area contributed by atoms with Crippen LogP contribution < -0.4 is 5.32 Å². The van der Waals surface area contributed by atoms with Crippen LogP contribution in [0.15, 0.2) is 18.2 Å². The van der Waals surface area contributed by atoms with Crippen LogP contribution in [-0.4, -0.2) is 6.04 Å². The van der Waals surface area contributed by atoms with Crippen LogP contribution in [0.2, 0.25) is 0 Å². The predicted molar refractivity (Wildman–Crippen MR) is 84.8 cm³/mol. The lowest BCUT2D eigenvalue weighted by molar-refractivity contribution is 0.422. The zero-order valence-corrected chi connectivity index (χ0v) is 12.8. The van der Waals surface area contributed by atoms with Crippen molar-refractivity contribution in [1.82, 2.24) is 0 Å². The number of rotatable bonds is 4. The average molecular weight is 259 g/mol. The molecule has 0 heterocycles. The SMILES string of the molecule is CCCC1CCCC(Nc2cccc(C)c2C)CC1. The second kappa shape index (κ2) is 6.98. The van der Waals surface area contributed by atoms with Crippen molar-refractivity contribution < 1.29 is 0 Å². The fourth-order valence-electron chi connectivity index (χ4n) is 3.35. The minimum Gasteiger partial charge on any atom is -0.382 e. The van der Waals surface area contributed by atoms with Gasteiger partial charge in [-0.1, -0.05) is 44.7 Å². The van der Waals surface area contributed by atoms with Crippen LogP contribution in [0.25, 0.3) is 0 Å². The van der Waals surface area contributed by atoms with Crippen LogP contribution in [0.5, 0.6) is 0 Å². The van der Waals surface area contributed by atoms with E-state index in [1.54, 1.807) is 0 Å². The van der Waals surface area contributed by atoms with E-state index in [0.29, 0.717) is 6.04 Å². The lowest BCUT2D eigenvalue weighted by Gasteiger charge is -2.20. The second-order valence-corrected chi connectivity index (χ2v) is 6.25. The first-order chi connectivity index (χ1) is 9.20. The minimum absolute atomic E-state index is 0.683. The van der Waals surface area contributed by atoms with Gasteiger partial charge in [0, 0.05) is 11.7 Å². The Hall–Kier alpha value is -0.980. The van der Waals surface area contributed by atoms with Crippen molar-refractivity contribution in [2.45, 2.75) is 71.8 Å². The maximum absolute atomic E-state index is 3.79. The Morgan fingerprint density at radius 3 is 2.74 bits per heavy atom. The zero-order chi connectivity index (χ0) is 13.7. The van der Waals surface area contributed by atoms with Crippen LogP contribution in [0.4, 0.5) is 5.69 Å². The lowest BCUT2D eigenvalue weighted by Crippen LogP contribution is -2.19. The molecule has 106 valence electrons. The van der Waals surface area contributed by atoms with Crippen LogP contribution >= 0.6 is 0 Å². The normalized spacial score (nSPS) is 23.9. The molecule has 2 rings (SSSR count). The Bertz CT molecular complexity index is 397. The van der Waals surface area contributed by atoms with Gasteiger partial charge in [-0.2, -0.15) is 0 Å². The summed E-state index contributed by atoms with van der Waals surface area (Å²) in [5.74, 6) is 0.982. The summed E-state index contributed by atoms with van der Waals surface area (Å²) in [6, 6.07) is 7.28. The summed E-state index contributed by atoms with van der Waals surface area (Å²) in [6.07, 6.45) is 9.71. The molecule has 1 saturated carbocycles. The van der Waals surface area contributed by atoms with Gasteiger partial charge in [0.05, 0.1) is 0 Å². The molecule has 1 fully saturated rings. The molecule has 1 aromatic rings. The van der Waals surface area contributed by atoms with Gasteiger partial charge in [0.1, 0.15) is 0 Å². The number of anilines is 1. The maximum Gasteiger partial charge on any atom is 0.0374 e. The van der Waals surface area contributed by atoms with Crippen molar-refractivity contribution in [1.29, 1.82) is 0 Å². The maximum atomic E-state index is 3.79. The van der Waals surface area contributed by atoms with E-state index in [2.05, 4.69) is 44.3 Å². The van der Waals surface area contributed by atoms with Gasteiger partial charge in [-0.15, -0.1) is 0 Å². The third kappa shape index (κ3) is 3.99. The van der Waals surface area contributed by atoms with Gasteiger partial charge in [0.15, 0.2) is 0 Å². The van der Waals surface area contributed by atoms with Crippen molar-refractivity contribution >= 4 is 5.69 Å².